The number of ether oxygens (including phenoxy) is 1. The second-order valence-corrected chi connectivity index (χ2v) is 7.55. The van der Waals surface area contributed by atoms with Crippen molar-refractivity contribution in [3.05, 3.63) is 64.2 Å². The smallest absolute Gasteiger partial charge is 0.335 e. The Morgan fingerprint density at radius 1 is 1.11 bits per heavy atom. The van der Waals surface area contributed by atoms with Crippen LogP contribution in [-0.4, -0.2) is 42.1 Å². The second-order valence-electron chi connectivity index (χ2n) is 7.55. The molecule has 5 heteroatoms. The van der Waals surface area contributed by atoms with E-state index in [1.54, 1.807) is 19.2 Å². The summed E-state index contributed by atoms with van der Waals surface area (Å²) in [6, 6.07) is 11.0. The summed E-state index contributed by atoms with van der Waals surface area (Å²) in [6.07, 6.45) is 2.51. The Morgan fingerprint density at radius 3 is 2.29 bits per heavy atom. The van der Waals surface area contributed by atoms with Crippen molar-refractivity contribution >= 4 is 11.9 Å². The van der Waals surface area contributed by atoms with Crippen molar-refractivity contribution in [2.75, 3.05) is 20.2 Å². The Morgan fingerprint density at radius 2 is 1.71 bits per heavy atom. The molecule has 0 spiro atoms. The van der Waals surface area contributed by atoms with Gasteiger partial charge < -0.3 is 14.7 Å². The molecule has 0 saturated carbocycles. The van der Waals surface area contributed by atoms with Crippen molar-refractivity contribution in [3.8, 4) is 5.75 Å². The van der Waals surface area contributed by atoms with Gasteiger partial charge in [0.1, 0.15) is 5.75 Å². The third-order valence-electron chi connectivity index (χ3n) is 5.57. The van der Waals surface area contributed by atoms with E-state index in [2.05, 4.69) is 0 Å². The van der Waals surface area contributed by atoms with E-state index < -0.39 is 5.97 Å². The monoisotopic (exact) mass is 381 g/mol. The van der Waals surface area contributed by atoms with Crippen LogP contribution in [0.3, 0.4) is 0 Å². The number of benzene rings is 2. The third-order valence-corrected chi connectivity index (χ3v) is 5.57. The highest BCUT2D eigenvalue weighted by molar-refractivity contribution is 5.95. The zero-order valence-corrected chi connectivity index (χ0v) is 16.7. The normalized spacial score (nSPS) is 14.8. The van der Waals surface area contributed by atoms with Crippen LogP contribution in [0.1, 0.15) is 50.2 Å². The summed E-state index contributed by atoms with van der Waals surface area (Å²) in [4.78, 5) is 26.2. The number of piperidine rings is 1. The molecule has 1 fully saturated rings. The first-order chi connectivity index (χ1) is 13.4. The van der Waals surface area contributed by atoms with Crippen LogP contribution in [0.4, 0.5) is 0 Å². The number of hydrogen-bond donors (Lipinski definition) is 1. The zero-order chi connectivity index (χ0) is 20.3. The van der Waals surface area contributed by atoms with Crippen LogP contribution in [0.5, 0.6) is 5.75 Å². The molecule has 1 saturated heterocycles. The standard InChI is InChI=1S/C23H27NO4/c1-15-12-19(13-16(2)21(15)28-3)22(25)24-10-8-17(9-11-24)14-18-6-4-5-7-20(18)23(26)27/h4-7,12-13,17H,8-11,14H2,1-3H3,(H,26,27). The predicted molar refractivity (Wildman–Crippen MR) is 108 cm³/mol. The van der Waals surface area contributed by atoms with E-state index in [1.165, 1.54) is 0 Å². The van der Waals surface area contributed by atoms with Crippen molar-refractivity contribution in [2.45, 2.75) is 33.1 Å². The van der Waals surface area contributed by atoms with Crippen LogP contribution in [0.25, 0.3) is 0 Å². The number of aromatic carboxylic acids is 1. The number of aryl methyl sites for hydroxylation is 2. The van der Waals surface area contributed by atoms with Gasteiger partial charge in [0.15, 0.2) is 0 Å². The topological polar surface area (TPSA) is 66.8 Å². The van der Waals surface area contributed by atoms with Gasteiger partial charge in [-0.05, 0) is 73.9 Å². The van der Waals surface area contributed by atoms with Crippen molar-refractivity contribution in [3.63, 3.8) is 0 Å². The lowest BCUT2D eigenvalue weighted by atomic mass is 9.88. The van der Waals surface area contributed by atoms with Gasteiger partial charge in [-0.2, -0.15) is 0 Å². The SMILES string of the molecule is COc1c(C)cc(C(=O)N2CCC(Cc3ccccc3C(=O)O)CC2)cc1C. The summed E-state index contributed by atoms with van der Waals surface area (Å²) in [5.74, 6) is 0.392. The molecule has 0 unspecified atom stereocenters. The predicted octanol–water partition coefficient (Wildman–Crippen LogP) is 4.11. The van der Waals surface area contributed by atoms with E-state index in [9.17, 15) is 14.7 Å². The second kappa shape index (κ2) is 8.46. The number of hydrogen-bond acceptors (Lipinski definition) is 3. The molecule has 0 bridgehead atoms. The van der Waals surface area contributed by atoms with E-state index >= 15 is 0 Å². The summed E-state index contributed by atoms with van der Waals surface area (Å²) >= 11 is 0. The Balaban J connectivity index is 1.64. The average molecular weight is 381 g/mol. The van der Waals surface area contributed by atoms with Gasteiger partial charge in [-0.3, -0.25) is 4.79 Å². The van der Waals surface area contributed by atoms with Crippen LogP contribution < -0.4 is 4.74 Å². The van der Waals surface area contributed by atoms with Gasteiger partial charge in [-0.1, -0.05) is 18.2 Å². The summed E-state index contributed by atoms with van der Waals surface area (Å²) in [5.41, 5.74) is 3.88. The largest absolute Gasteiger partial charge is 0.496 e. The van der Waals surface area contributed by atoms with Crippen molar-refractivity contribution < 1.29 is 19.4 Å². The van der Waals surface area contributed by atoms with Gasteiger partial charge >= 0.3 is 5.97 Å². The van der Waals surface area contributed by atoms with E-state index in [0.717, 1.165) is 41.7 Å². The third kappa shape index (κ3) is 4.19. The number of nitrogens with zero attached hydrogens (tertiary/aromatic N) is 1. The van der Waals surface area contributed by atoms with Crippen LogP contribution in [0, 0.1) is 19.8 Å². The van der Waals surface area contributed by atoms with Gasteiger partial charge in [-0.25, -0.2) is 4.79 Å². The maximum Gasteiger partial charge on any atom is 0.335 e. The van der Waals surface area contributed by atoms with Crippen LogP contribution >= 0.6 is 0 Å². The molecule has 1 amide bonds. The lowest BCUT2D eigenvalue weighted by Crippen LogP contribution is -2.39. The molecule has 148 valence electrons. The molecule has 1 heterocycles. The van der Waals surface area contributed by atoms with E-state index in [4.69, 9.17) is 4.74 Å². The molecule has 2 aromatic carbocycles. The van der Waals surface area contributed by atoms with Crippen LogP contribution in [0.2, 0.25) is 0 Å². The number of methoxy groups -OCH3 is 1. The molecular weight excluding hydrogens is 354 g/mol. The highest BCUT2D eigenvalue weighted by atomic mass is 16.5. The minimum atomic E-state index is -0.881. The molecular formula is C23H27NO4. The quantitative estimate of drug-likeness (QED) is 0.847. The van der Waals surface area contributed by atoms with Gasteiger partial charge in [-0.15, -0.1) is 0 Å². The fourth-order valence-corrected chi connectivity index (χ4v) is 4.14. The molecule has 0 atom stereocenters. The Bertz CT molecular complexity index is 859. The number of amides is 1. The first-order valence-corrected chi connectivity index (χ1v) is 9.66. The first-order valence-electron chi connectivity index (χ1n) is 9.66. The van der Waals surface area contributed by atoms with Crippen molar-refractivity contribution in [1.29, 1.82) is 0 Å². The Kier molecular flexibility index (Phi) is 6.02. The van der Waals surface area contributed by atoms with Crippen molar-refractivity contribution in [1.82, 2.24) is 4.90 Å². The molecule has 0 aliphatic carbocycles. The number of carbonyl (C=O) groups is 2. The maximum absolute atomic E-state index is 12.9. The molecule has 0 aromatic heterocycles. The average Bonchev–Trinajstić information content (AvgIpc) is 2.68. The van der Waals surface area contributed by atoms with Gasteiger partial charge in [0.05, 0.1) is 12.7 Å². The molecule has 2 aromatic rings. The minimum absolute atomic E-state index is 0.0539. The zero-order valence-electron chi connectivity index (χ0n) is 16.7. The Labute approximate surface area is 165 Å². The van der Waals surface area contributed by atoms with E-state index in [1.807, 2.05) is 43.0 Å². The number of rotatable bonds is 5. The van der Waals surface area contributed by atoms with Gasteiger partial charge in [0, 0.05) is 18.7 Å². The number of carbonyl (C=O) groups excluding carboxylic acids is 1. The minimum Gasteiger partial charge on any atom is -0.496 e. The van der Waals surface area contributed by atoms with Gasteiger partial charge in [0.25, 0.3) is 5.91 Å². The molecule has 1 N–H and O–H groups in total. The fraction of sp³-hybridized carbons (Fsp3) is 0.391. The molecule has 5 nitrogen and oxygen atoms in total. The first kappa shape index (κ1) is 19.9. The highest BCUT2D eigenvalue weighted by Crippen LogP contribution is 2.27. The molecule has 0 radical (unpaired) electrons. The highest BCUT2D eigenvalue weighted by Gasteiger charge is 2.25. The summed E-state index contributed by atoms with van der Waals surface area (Å²) in [6.45, 7) is 5.30. The molecule has 28 heavy (non-hydrogen) atoms. The maximum atomic E-state index is 12.9. The van der Waals surface area contributed by atoms with E-state index in [-0.39, 0.29) is 5.91 Å². The summed E-state index contributed by atoms with van der Waals surface area (Å²) < 4.78 is 5.39. The summed E-state index contributed by atoms with van der Waals surface area (Å²) in [5, 5.41) is 9.36. The number of likely N-dealkylation sites (tertiary alicyclic amines) is 1. The number of carboxylic acids is 1. The van der Waals surface area contributed by atoms with Crippen molar-refractivity contribution in [2.24, 2.45) is 5.92 Å². The Hall–Kier alpha value is -2.82. The lowest BCUT2D eigenvalue weighted by molar-refractivity contribution is 0.0690. The molecule has 1 aliphatic heterocycles. The van der Waals surface area contributed by atoms with E-state index in [0.29, 0.717) is 30.1 Å². The van der Waals surface area contributed by atoms with Gasteiger partial charge in [0.2, 0.25) is 0 Å². The fourth-order valence-electron chi connectivity index (χ4n) is 4.14. The summed E-state index contributed by atoms with van der Waals surface area (Å²) in [7, 11) is 1.64. The van der Waals surface area contributed by atoms with Crippen LogP contribution in [0.15, 0.2) is 36.4 Å². The molecule has 3 rings (SSSR count). The number of carboxylic acid groups (broad SMARTS) is 1. The van der Waals surface area contributed by atoms with Crippen LogP contribution in [-0.2, 0) is 6.42 Å². The lowest BCUT2D eigenvalue weighted by Gasteiger charge is -2.32. The molecule has 1 aliphatic rings.